The molecule has 2 aromatic carbocycles. The summed E-state index contributed by atoms with van der Waals surface area (Å²) in [7, 11) is -3.31. The van der Waals surface area contributed by atoms with Gasteiger partial charge in [-0.3, -0.25) is 0 Å². The molecule has 0 amide bonds. The molecule has 0 fully saturated rings. The highest BCUT2D eigenvalue weighted by Crippen LogP contribution is 2.20. The second-order valence-electron chi connectivity index (χ2n) is 6.31. The van der Waals surface area contributed by atoms with E-state index >= 15 is 0 Å². The number of sulfonamides is 1. The van der Waals surface area contributed by atoms with E-state index in [1.54, 1.807) is 10.4 Å². The predicted octanol–water partition coefficient (Wildman–Crippen LogP) is 3.28. The van der Waals surface area contributed by atoms with Gasteiger partial charge in [-0.2, -0.15) is 4.31 Å². The third kappa shape index (κ3) is 4.78. The largest absolute Gasteiger partial charge is 0.375 e. The summed E-state index contributed by atoms with van der Waals surface area (Å²) in [5.41, 5.74) is 3.20. The molecule has 132 valence electrons. The van der Waals surface area contributed by atoms with Gasteiger partial charge in [0.25, 0.3) is 0 Å². The quantitative estimate of drug-likeness (QED) is 0.746. The van der Waals surface area contributed by atoms with Gasteiger partial charge in [0.2, 0.25) is 10.0 Å². The molecule has 0 radical (unpaired) electrons. The third-order valence-electron chi connectivity index (χ3n) is 4.21. The van der Waals surface area contributed by atoms with Gasteiger partial charge in [0.15, 0.2) is 0 Å². The lowest BCUT2D eigenvalue weighted by Crippen LogP contribution is -2.44. The Labute approximate surface area is 149 Å². The Morgan fingerprint density at radius 1 is 1.08 bits per heavy atom. The molecule has 0 aromatic heterocycles. The molecule has 0 bridgehead atoms. The molecule has 0 aliphatic carbocycles. The average Bonchev–Trinajstić information content (AvgIpc) is 2.59. The molecule has 4 nitrogen and oxygen atoms in total. The van der Waals surface area contributed by atoms with Crippen LogP contribution in [0.2, 0.25) is 0 Å². The lowest BCUT2D eigenvalue weighted by molar-refractivity contribution is 0.0889. The van der Waals surface area contributed by atoms with Crippen LogP contribution in [-0.2, 0) is 27.9 Å². The first-order valence-corrected chi connectivity index (χ1v) is 9.99. The van der Waals surface area contributed by atoms with E-state index in [0.29, 0.717) is 19.8 Å². The topological polar surface area (TPSA) is 46.6 Å². The van der Waals surface area contributed by atoms with Gasteiger partial charge in [0.05, 0.1) is 25.0 Å². The summed E-state index contributed by atoms with van der Waals surface area (Å²) in [6, 6.07) is 17.6. The number of aryl methyl sites for hydroxylation is 1. The average molecular weight is 357 g/mol. The predicted molar refractivity (Wildman–Crippen MR) is 99.5 cm³/mol. The van der Waals surface area contributed by atoms with Crippen molar-refractivity contribution in [3.63, 3.8) is 0 Å². The Balaban J connectivity index is 1.69. The standard InChI is InChI=1S/C20H23NO3S/c1-17-7-5-10-19(13-17)14-21-20(11-6-12-25(21,22)23)16-24-15-18-8-3-2-4-9-18/h2-11,13,20H,12,14-16H2,1H3/t20-/m1/s1. The zero-order valence-corrected chi connectivity index (χ0v) is 15.2. The van der Waals surface area contributed by atoms with Gasteiger partial charge in [0, 0.05) is 6.54 Å². The van der Waals surface area contributed by atoms with Crippen LogP contribution in [0.5, 0.6) is 0 Å². The second kappa shape index (κ2) is 7.95. The van der Waals surface area contributed by atoms with Crippen LogP contribution in [0, 0.1) is 6.92 Å². The molecular formula is C20H23NO3S. The minimum atomic E-state index is -3.31. The highest BCUT2D eigenvalue weighted by Gasteiger charge is 2.31. The molecule has 2 aromatic rings. The molecule has 25 heavy (non-hydrogen) atoms. The van der Waals surface area contributed by atoms with Crippen LogP contribution in [0.3, 0.4) is 0 Å². The summed E-state index contributed by atoms with van der Waals surface area (Å²) in [6.07, 6.45) is 3.65. The molecule has 0 spiro atoms. The molecule has 1 aliphatic heterocycles. The molecule has 1 aliphatic rings. The summed E-state index contributed by atoms with van der Waals surface area (Å²) in [4.78, 5) is 0. The first-order chi connectivity index (χ1) is 12.0. The summed E-state index contributed by atoms with van der Waals surface area (Å²) >= 11 is 0. The first kappa shape index (κ1) is 17.9. The number of rotatable bonds is 6. The Hall–Kier alpha value is -1.95. The van der Waals surface area contributed by atoms with Gasteiger partial charge in [-0.25, -0.2) is 8.42 Å². The summed E-state index contributed by atoms with van der Waals surface area (Å²) in [5.74, 6) is 0.0496. The van der Waals surface area contributed by atoms with E-state index in [1.165, 1.54) is 0 Å². The second-order valence-corrected chi connectivity index (χ2v) is 8.28. The highest BCUT2D eigenvalue weighted by molar-refractivity contribution is 7.89. The maximum Gasteiger partial charge on any atom is 0.218 e. The van der Waals surface area contributed by atoms with E-state index in [0.717, 1.165) is 16.7 Å². The SMILES string of the molecule is Cc1cccc(CN2[C@@H](COCc3ccccc3)C=CCS2(=O)=O)c1. The summed E-state index contributed by atoms with van der Waals surface area (Å²) < 4.78 is 32.4. The van der Waals surface area contributed by atoms with Gasteiger partial charge < -0.3 is 4.74 Å². The molecule has 0 saturated heterocycles. The molecular weight excluding hydrogens is 334 g/mol. The van der Waals surface area contributed by atoms with Gasteiger partial charge >= 0.3 is 0 Å². The number of hydrogen-bond donors (Lipinski definition) is 0. The number of nitrogens with zero attached hydrogens (tertiary/aromatic N) is 1. The molecule has 3 rings (SSSR count). The van der Waals surface area contributed by atoms with E-state index < -0.39 is 10.0 Å². The lowest BCUT2D eigenvalue weighted by Gasteiger charge is -2.31. The smallest absolute Gasteiger partial charge is 0.218 e. The summed E-state index contributed by atoms with van der Waals surface area (Å²) in [5, 5.41) is 0. The van der Waals surface area contributed by atoms with E-state index in [2.05, 4.69) is 0 Å². The van der Waals surface area contributed by atoms with Crippen molar-refractivity contribution in [3.05, 3.63) is 83.4 Å². The van der Waals surface area contributed by atoms with E-state index in [4.69, 9.17) is 4.74 Å². The van der Waals surface area contributed by atoms with Gasteiger partial charge in [0.1, 0.15) is 0 Å². The fourth-order valence-electron chi connectivity index (χ4n) is 2.95. The molecule has 0 saturated carbocycles. The zero-order chi connectivity index (χ0) is 17.7. The van der Waals surface area contributed by atoms with Gasteiger partial charge in [-0.15, -0.1) is 0 Å². The van der Waals surface area contributed by atoms with Crippen LogP contribution in [0.1, 0.15) is 16.7 Å². The monoisotopic (exact) mass is 357 g/mol. The normalized spacial score (nSPS) is 19.8. The van der Waals surface area contributed by atoms with Gasteiger partial charge in [-0.1, -0.05) is 72.3 Å². The van der Waals surface area contributed by atoms with Crippen molar-refractivity contribution in [1.29, 1.82) is 0 Å². The molecule has 5 heteroatoms. The van der Waals surface area contributed by atoms with Crippen LogP contribution >= 0.6 is 0 Å². The van der Waals surface area contributed by atoms with E-state index in [9.17, 15) is 8.42 Å². The highest BCUT2D eigenvalue weighted by atomic mass is 32.2. The maximum atomic E-state index is 12.5. The minimum Gasteiger partial charge on any atom is -0.375 e. The first-order valence-electron chi connectivity index (χ1n) is 8.38. The van der Waals surface area contributed by atoms with Crippen LogP contribution < -0.4 is 0 Å². The number of hydrogen-bond acceptors (Lipinski definition) is 3. The van der Waals surface area contributed by atoms with Crippen molar-refractivity contribution in [2.24, 2.45) is 0 Å². The van der Waals surface area contributed by atoms with Crippen molar-refractivity contribution < 1.29 is 13.2 Å². The molecule has 0 unspecified atom stereocenters. The number of ether oxygens (including phenoxy) is 1. The van der Waals surface area contributed by atoms with Crippen molar-refractivity contribution in [1.82, 2.24) is 4.31 Å². The Morgan fingerprint density at radius 2 is 1.84 bits per heavy atom. The Morgan fingerprint density at radius 3 is 2.60 bits per heavy atom. The van der Waals surface area contributed by atoms with Crippen LogP contribution in [0.15, 0.2) is 66.7 Å². The maximum absolute atomic E-state index is 12.5. The van der Waals surface area contributed by atoms with Crippen molar-refractivity contribution in [2.75, 3.05) is 12.4 Å². The van der Waals surface area contributed by atoms with E-state index in [1.807, 2.05) is 67.6 Å². The third-order valence-corrected chi connectivity index (χ3v) is 5.94. The van der Waals surface area contributed by atoms with Crippen LogP contribution in [0.4, 0.5) is 0 Å². The van der Waals surface area contributed by atoms with E-state index in [-0.39, 0.29) is 11.8 Å². The molecule has 0 N–H and O–H groups in total. The summed E-state index contributed by atoms with van der Waals surface area (Å²) in [6.45, 7) is 3.20. The Kier molecular flexibility index (Phi) is 5.68. The minimum absolute atomic E-state index is 0.0496. The van der Waals surface area contributed by atoms with Gasteiger partial charge in [-0.05, 0) is 18.1 Å². The van der Waals surface area contributed by atoms with Crippen molar-refractivity contribution >= 4 is 10.0 Å². The van der Waals surface area contributed by atoms with Crippen molar-refractivity contribution in [2.45, 2.75) is 26.1 Å². The number of benzene rings is 2. The van der Waals surface area contributed by atoms with Crippen LogP contribution in [0.25, 0.3) is 0 Å². The van der Waals surface area contributed by atoms with Crippen molar-refractivity contribution in [3.8, 4) is 0 Å². The molecule has 1 atom stereocenters. The fourth-order valence-corrected chi connectivity index (χ4v) is 4.38. The molecule has 1 heterocycles. The lowest BCUT2D eigenvalue weighted by atomic mass is 10.1. The fraction of sp³-hybridized carbons (Fsp3) is 0.300. The Bertz CT molecular complexity index is 831. The zero-order valence-electron chi connectivity index (χ0n) is 14.3. The van der Waals surface area contributed by atoms with Crippen LogP contribution in [-0.4, -0.2) is 31.1 Å².